The number of thioether (sulfide) groups is 1. The third-order valence-electron chi connectivity index (χ3n) is 1.88. The number of hydrogen-bond donors (Lipinski definition) is 1. The summed E-state index contributed by atoms with van der Waals surface area (Å²) < 4.78 is 1.50. The van der Waals surface area contributed by atoms with E-state index in [1.807, 2.05) is 0 Å². The van der Waals surface area contributed by atoms with Gasteiger partial charge in [0.05, 0.1) is 5.75 Å². The third kappa shape index (κ3) is 0.742. The van der Waals surface area contributed by atoms with Crippen molar-refractivity contribution in [3.63, 3.8) is 0 Å². The summed E-state index contributed by atoms with van der Waals surface area (Å²) in [6.07, 6.45) is 1.75. The molecule has 2 aliphatic rings. The fourth-order valence-electron chi connectivity index (χ4n) is 1.31. The topological polar surface area (TPSA) is 57.4 Å². The van der Waals surface area contributed by atoms with E-state index in [-0.39, 0.29) is 11.3 Å². The third-order valence-corrected chi connectivity index (χ3v) is 3.07. The van der Waals surface area contributed by atoms with E-state index in [2.05, 4.69) is 0 Å². The molecule has 0 bridgehead atoms. The van der Waals surface area contributed by atoms with Crippen LogP contribution in [0.25, 0.3) is 0 Å². The molecule has 2 heterocycles. The molecule has 2 atom stereocenters. The molecule has 1 amide bonds. The molecule has 0 spiro atoms. The predicted octanol–water partition coefficient (Wildman–Crippen LogP) is -0.616. The van der Waals surface area contributed by atoms with Gasteiger partial charge in [-0.2, -0.15) is 4.58 Å². The number of carbonyl (C=O) groups is 2. The molecule has 2 aliphatic heterocycles. The normalized spacial score (nSPS) is 34.2. The number of nitrogens with zero attached hydrogens (tertiary/aromatic N) is 1. The van der Waals surface area contributed by atoms with Gasteiger partial charge in [-0.25, -0.2) is 4.79 Å². The zero-order chi connectivity index (χ0) is 8.01. The molecule has 5 heteroatoms. The number of β-lactam (4-membered cyclic amide) rings is 1. The standard InChI is InChI=1S/C6H5NO3S/c8-4-3(6(9)10)5-7(4)1-2-11-5/h1,3,5H,2H2/p+1/t3?,5-/m0/s1. The zero-order valence-electron chi connectivity index (χ0n) is 5.56. The quantitative estimate of drug-likeness (QED) is 0.325. The summed E-state index contributed by atoms with van der Waals surface area (Å²) in [6.45, 7) is 0. The minimum Gasteiger partial charge on any atom is -0.480 e. The van der Waals surface area contributed by atoms with Crippen LogP contribution >= 0.6 is 11.8 Å². The highest BCUT2D eigenvalue weighted by Crippen LogP contribution is 2.34. The first-order valence-corrected chi connectivity index (χ1v) is 4.26. The van der Waals surface area contributed by atoms with E-state index >= 15 is 0 Å². The van der Waals surface area contributed by atoms with Crippen molar-refractivity contribution in [2.45, 2.75) is 5.37 Å². The molecule has 1 saturated heterocycles. The maximum Gasteiger partial charge on any atom is 0.410 e. The Hall–Kier alpha value is -0.840. The van der Waals surface area contributed by atoms with Crippen molar-refractivity contribution in [2.75, 3.05) is 5.75 Å². The van der Waals surface area contributed by atoms with Gasteiger partial charge in [-0.3, -0.25) is 4.79 Å². The van der Waals surface area contributed by atoms with Crippen LogP contribution in [-0.4, -0.2) is 38.9 Å². The monoisotopic (exact) mass is 172 g/mol. The van der Waals surface area contributed by atoms with Crippen LogP contribution in [0.1, 0.15) is 0 Å². The number of fused-ring (bicyclic) bond motifs is 1. The second-order valence-electron chi connectivity index (χ2n) is 2.47. The highest BCUT2D eigenvalue weighted by Gasteiger charge is 2.61. The molecule has 1 N–H and O–H groups in total. The summed E-state index contributed by atoms with van der Waals surface area (Å²) in [4.78, 5) is 21.4. The Morgan fingerprint density at radius 2 is 2.55 bits per heavy atom. The molecule has 11 heavy (non-hydrogen) atoms. The van der Waals surface area contributed by atoms with Gasteiger partial charge < -0.3 is 5.11 Å². The first-order chi connectivity index (χ1) is 5.22. The number of carbonyl (C=O) groups excluding carboxylic acids is 1. The number of hydrogen-bond acceptors (Lipinski definition) is 3. The minimum absolute atomic E-state index is 0.125. The number of carboxylic acid groups (broad SMARTS) is 1. The summed E-state index contributed by atoms with van der Waals surface area (Å²) in [6, 6.07) is 0. The zero-order valence-corrected chi connectivity index (χ0v) is 6.37. The van der Waals surface area contributed by atoms with Gasteiger partial charge in [0.15, 0.2) is 6.21 Å². The first-order valence-electron chi connectivity index (χ1n) is 3.22. The van der Waals surface area contributed by atoms with E-state index in [0.717, 1.165) is 5.75 Å². The van der Waals surface area contributed by atoms with Crippen LogP contribution in [0.3, 0.4) is 0 Å². The molecule has 0 aliphatic carbocycles. The predicted molar refractivity (Wildman–Crippen MR) is 38.7 cm³/mol. The van der Waals surface area contributed by atoms with E-state index in [1.54, 1.807) is 6.21 Å². The van der Waals surface area contributed by atoms with Crippen LogP contribution in [0.15, 0.2) is 0 Å². The number of amides is 1. The van der Waals surface area contributed by atoms with Gasteiger partial charge in [0.25, 0.3) is 5.92 Å². The Bertz CT molecular complexity index is 273. The molecular formula is C6H6NO3S+. The summed E-state index contributed by atoms with van der Waals surface area (Å²) in [5.41, 5.74) is 0. The van der Waals surface area contributed by atoms with Crippen molar-refractivity contribution in [3.8, 4) is 0 Å². The van der Waals surface area contributed by atoms with Crippen molar-refractivity contribution in [1.82, 2.24) is 0 Å². The Morgan fingerprint density at radius 1 is 1.82 bits per heavy atom. The van der Waals surface area contributed by atoms with Gasteiger partial charge in [-0.15, -0.1) is 0 Å². The Kier molecular flexibility index (Phi) is 1.29. The SMILES string of the molecule is O=C(O)C1C(=O)[N+]2=CCS[C@@H]12. The number of rotatable bonds is 1. The summed E-state index contributed by atoms with van der Waals surface area (Å²) in [7, 11) is 0. The molecule has 0 aromatic heterocycles. The van der Waals surface area contributed by atoms with E-state index in [4.69, 9.17) is 5.11 Å². The van der Waals surface area contributed by atoms with Gasteiger partial charge in [0.2, 0.25) is 5.37 Å². The molecular weight excluding hydrogens is 166 g/mol. The van der Waals surface area contributed by atoms with E-state index in [1.165, 1.54) is 16.3 Å². The molecule has 0 radical (unpaired) electrons. The van der Waals surface area contributed by atoms with E-state index < -0.39 is 11.9 Å². The summed E-state index contributed by atoms with van der Waals surface area (Å²) in [5.74, 6) is -1.31. The fourth-order valence-corrected chi connectivity index (χ4v) is 2.53. The first kappa shape index (κ1) is 6.84. The average Bonchev–Trinajstić information content (AvgIpc) is 2.30. The van der Waals surface area contributed by atoms with Crippen LogP contribution in [0.5, 0.6) is 0 Å². The van der Waals surface area contributed by atoms with Crippen molar-refractivity contribution < 1.29 is 19.3 Å². The number of carboxylic acids is 1. The number of aliphatic carboxylic acids is 1. The lowest BCUT2D eigenvalue weighted by atomic mass is 10.0. The van der Waals surface area contributed by atoms with E-state index in [0.29, 0.717) is 0 Å². The van der Waals surface area contributed by atoms with Gasteiger partial charge >= 0.3 is 11.9 Å². The van der Waals surface area contributed by atoms with Gasteiger partial charge in [-0.1, -0.05) is 11.8 Å². The van der Waals surface area contributed by atoms with Crippen LogP contribution in [-0.2, 0) is 9.59 Å². The molecule has 1 unspecified atom stereocenters. The Morgan fingerprint density at radius 3 is 3.18 bits per heavy atom. The lowest BCUT2D eigenvalue weighted by Gasteiger charge is -2.21. The maximum atomic E-state index is 11.0. The van der Waals surface area contributed by atoms with Crippen LogP contribution in [0.4, 0.5) is 0 Å². The summed E-state index contributed by atoms with van der Waals surface area (Å²) >= 11 is 1.50. The van der Waals surface area contributed by atoms with Crippen molar-refractivity contribution in [2.24, 2.45) is 5.92 Å². The second kappa shape index (κ2) is 2.07. The van der Waals surface area contributed by atoms with E-state index in [9.17, 15) is 9.59 Å². The molecule has 4 nitrogen and oxygen atoms in total. The van der Waals surface area contributed by atoms with Crippen molar-refractivity contribution >= 4 is 29.9 Å². The molecule has 0 aromatic carbocycles. The van der Waals surface area contributed by atoms with Crippen LogP contribution < -0.4 is 0 Å². The van der Waals surface area contributed by atoms with Gasteiger partial charge in [-0.05, 0) is 0 Å². The molecule has 58 valence electrons. The molecule has 0 saturated carbocycles. The van der Waals surface area contributed by atoms with Crippen LogP contribution in [0.2, 0.25) is 0 Å². The molecule has 2 rings (SSSR count). The maximum absolute atomic E-state index is 11.0. The van der Waals surface area contributed by atoms with Gasteiger partial charge in [0, 0.05) is 0 Å². The largest absolute Gasteiger partial charge is 0.480 e. The average molecular weight is 172 g/mol. The summed E-state index contributed by atoms with van der Waals surface area (Å²) in [5, 5.41) is 8.45. The highest BCUT2D eigenvalue weighted by atomic mass is 32.2. The van der Waals surface area contributed by atoms with Crippen molar-refractivity contribution in [1.29, 1.82) is 0 Å². The van der Waals surface area contributed by atoms with Crippen molar-refractivity contribution in [3.05, 3.63) is 0 Å². The van der Waals surface area contributed by atoms with Crippen LogP contribution in [0, 0.1) is 5.92 Å². The lowest BCUT2D eigenvalue weighted by molar-refractivity contribution is -0.509. The van der Waals surface area contributed by atoms with Gasteiger partial charge in [0.1, 0.15) is 0 Å². The molecule has 0 aromatic rings. The molecule has 1 fully saturated rings. The second-order valence-corrected chi connectivity index (χ2v) is 3.62. The highest BCUT2D eigenvalue weighted by molar-refractivity contribution is 8.00. The Balaban J connectivity index is 2.24. The minimum atomic E-state index is -1.00. The fraction of sp³-hybridized carbons (Fsp3) is 0.500. The lowest BCUT2D eigenvalue weighted by Crippen LogP contribution is -2.55. The smallest absolute Gasteiger partial charge is 0.410 e. The Labute approximate surface area is 66.9 Å².